The van der Waals surface area contributed by atoms with Gasteiger partial charge in [-0.2, -0.15) is 0 Å². The number of carbonyl (C=O) groups is 1. The van der Waals surface area contributed by atoms with Gasteiger partial charge in [0.15, 0.2) is 5.04 Å². The van der Waals surface area contributed by atoms with Crippen LogP contribution in [-0.4, -0.2) is 22.8 Å². The zero-order valence-corrected chi connectivity index (χ0v) is 9.87. The Kier molecular flexibility index (Phi) is 3.62. The molecule has 16 heavy (non-hydrogen) atoms. The second-order valence-electron chi connectivity index (χ2n) is 3.66. The van der Waals surface area contributed by atoms with E-state index in [1.54, 1.807) is 0 Å². The van der Waals surface area contributed by atoms with E-state index in [1.807, 2.05) is 37.3 Å². The molecular weight excluding hydrogens is 222 g/mol. The van der Waals surface area contributed by atoms with Crippen molar-refractivity contribution in [2.75, 3.05) is 5.75 Å². The number of nitrogens with zero attached hydrogens (tertiary/aromatic N) is 1. The zero-order valence-electron chi connectivity index (χ0n) is 9.05. The van der Waals surface area contributed by atoms with Gasteiger partial charge in [0.25, 0.3) is 0 Å². The van der Waals surface area contributed by atoms with Crippen LogP contribution in [0.15, 0.2) is 35.3 Å². The Balaban J connectivity index is 1.87. The third-order valence-corrected chi connectivity index (χ3v) is 3.38. The lowest BCUT2D eigenvalue weighted by Crippen LogP contribution is -2.12. The highest BCUT2D eigenvalue weighted by molar-refractivity contribution is 8.16. The summed E-state index contributed by atoms with van der Waals surface area (Å²) in [5.74, 6) is 0.564. The average molecular weight is 235 g/mol. The number of aliphatic imine (C=N–C) groups is 1. The van der Waals surface area contributed by atoms with Crippen LogP contribution in [-0.2, 0) is 16.1 Å². The normalized spacial score (nSPS) is 19.3. The second kappa shape index (κ2) is 5.16. The van der Waals surface area contributed by atoms with Crippen molar-refractivity contribution in [3.8, 4) is 0 Å². The van der Waals surface area contributed by atoms with Gasteiger partial charge in [-0.3, -0.25) is 4.99 Å². The average Bonchev–Trinajstić information content (AvgIpc) is 2.74. The molecule has 1 aliphatic rings. The van der Waals surface area contributed by atoms with E-state index >= 15 is 0 Å². The molecule has 2 rings (SSSR count). The third-order valence-electron chi connectivity index (χ3n) is 2.19. The Morgan fingerprint density at radius 1 is 1.50 bits per heavy atom. The van der Waals surface area contributed by atoms with Crippen molar-refractivity contribution in [3.63, 3.8) is 0 Å². The van der Waals surface area contributed by atoms with Crippen LogP contribution >= 0.6 is 11.8 Å². The summed E-state index contributed by atoms with van der Waals surface area (Å²) < 4.78 is 5.17. The molecule has 1 heterocycles. The van der Waals surface area contributed by atoms with Crippen LogP contribution in [0.25, 0.3) is 0 Å². The molecule has 1 atom stereocenters. The Morgan fingerprint density at radius 2 is 2.25 bits per heavy atom. The van der Waals surface area contributed by atoms with Gasteiger partial charge in [-0.05, 0) is 12.5 Å². The van der Waals surface area contributed by atoms with Crippen molar-refractivity contribution >= 4 is 22.8 Å². The Hall–Kier alpha value is -1.29. The highest BCUT2D eigenvalue weighted by Gasteiger charge is 2.21. The number of benzene rings is 1. The monoisotopic (exact) mass is 235 g/mol. The molecule has 0 amide bonds. The molecule has 0 spiro atoms. The predicted molar refractivity (Wildman–Crippen MR) is 65.6 cm³/mol. The van der Waals surface area contributed by atoms with E-state index in [9.17, 15) is 4.79 Å². The molecule has 84 valence electrons. The Labute approximate surface area is 98.9 Å². The Morgan fingerprint density at radius 3 is 2.88 bits per heavy atom. The molecule has 0 radical (unpaired) electrons. The first-order chi connectivity index (χ1) is 7.75. The molecule has 4 heteroatoms. The number of ether oxygens (including phenoxy) is 1. The largest absolute Gasteiger partial charge is 0.456 e. The zero-order chi connectivity index (χ0) is 11.4. The molecule has 1 aliphatic heterocycles. The van der Waals surface area contributed by atoms with Crippen LogP contribution in [0, 0.1) is 0 Å². The van der Waals surface area contributed by atoms with Gasteiger partial charge in [0, 0.05) is 5.75 Å². The van der Waals surface area contributed by atoms with E-state index in [1.165, 1.54) is 11.8 Å². The van der Waals surface area contributed by atoms with Gasteiger partial charge < -0.3 is 4.74 Å². The summed E-state index contributed by atoms with van der Waals surface area (Å²) in [6.07, 6.45) is 0. The van der Waals surface area contributed by atoms with E-state index < -0.39 is 0 Å². The molecule has 0 saturated heterocycles. The topological polar surface area (TPSA) is 38.7 Å². The van der Waals surface area contributed by atoms with Crippen molar-refractivity contribution in [2.24, 2.45) is 4.99 Å². The van der Waals surface area contributed by atoms with Crippen molar-refractivity contribution in [1.29, 1.82) is 0 Å². The molecule has 0 fully saturated rings. The summed E-state index contributed by atoms with van der Waals surface area (Å²) in [5, 5.41) is 0.503. The van der Waals surface area contributed by atoms with Gasteiger partial charge >= 0.3 is 5.97 Å². The standard InChI is InChI=1S/C12H13NO2S/c1-9-8-16-11(13-9)12(14)15-7-10-5-3-2-4-6-10/h2-6,9H,7-8H2,1H3. The van der Waals surface area contributed by atoms with E-state index in [2.05, 4.69) is 4.99 Å². The maximum atomic E-state index is 11.6. The molecule has 3 nitrogen and oxygen atoms in total. The van der Waals surface area contributed by atoms with Crippen molar-refractivity contribution in [1.82, 2.24) is 0 Å². The first-order valence-corrected chi connectivity index (χ1v) is 6.16. The first kappa shape index (κ1) is 11.2. The molecule has 1 aromatic carbocycles. The van der Waals surface area contributed by atoms with E-state index in [-0.39, 0.29) is 12.0 Å². The van der Waals surface area contributed by atoms with E-state index in [0.29, 0.717) is 11.7 Å². The fraction of sp³-hybridized carbons (Fsp3) is 0.333. The fourth-order valence-electron chi connectivity index (χ4n) is 1.37. The summed E-state index contributed by atoms with van der Waals surface area (Å²) in [4.78, 5) is 15.8. The molecule has 1 unspecified atom stereocenters. The van der Waals surface area contributed by atoms with Crippen molar-refractivity contribution in [2.45, 2.75) is 19.6 Å². The molecular formula is C12H13NO2S. The molecule has 0 bridgehead atoms. The van der Waals surface area contributed by atoms with Crippen LogP contribution in [0.3, 0.4) is 0 Å². The lowest BCUT2D eigenvalue weighted by Gasteiger charge is -2.03. The fourth-order valence-corrected chi connectivity index (χ4v) is 2.28. The minimum atomic E-state index is -0.307. The van der Waals surface area contributed by atoms with Crippen LogP contribution in [0.5, 0.6) is 0 Å². The molecule has 1 aromatic rings. The SMILES string of the molecule is CC1CSC(C(=O)OCc2ccccc2)=N1. The maximum Gasteiger partial charge on any atom is 0.363 e. The predicted octanol–water partition coefficient (Wildman–Crippen LogP) is 2.26. The smallest absolute Gasteiger partial charge is 0.363 e. The second-order valence-corrected chi connectivity index (χ2v) is 4.66. The number of thioether (sulfide) groups is 1. The van der Waals surface area contributed by atoms with Gasteiger partial charge in [0.05, 0.1) is 6.04 Å². The number of carbonyl (C=O) groups excluding carboxylic acids is 1. The molecule has 0 N–H and O–H groups in total. The molecule has 0 saturated carbocycles. The summed E-state index contributed by atoms with van der Waals surface area (Å²) in [7, 11) is 0. The minimum Gasteiger partial charge on any atom is -0.456 e. The van der Waals surface area contributed by atoms with Crippen LogP contribution < -0.4 is 0 Å². The van der Waals surface area contributed by atoms with Gasteiger partial charge in [-0.15, -0.1) is 0 Å². The summed E-state index contributed by atoms with van der Waals surface area (Å²) >= 11 is 1.47. The molecule has 0 aromatic heterocycles. The summed E-state index contributed by atoms with van der Waals surface area (Å²) in [6, 6.07) is 9.87. The molecule has 0 aliphatic carbocycles. The lowest BCUT2D eigenvalue weighted by atomic mass is 10.2. The van der Waals surface area contributed by atoms with Crippen LogP contribution in [0.1, 0.15) is 12.5 Å². The summed E-state index contributed by atoms with van der Waals surface area (Å²) in [6.45, 7) is 2.30. The maximum absolute atomic E-state index is 11.6. The summed E-state index contributed by atoms with van der Waals surface area (Å²) in [5.41, 5.74) is 0.993. The van der Waals surface area contributed by atoms with Gasteiger partial charge in [0.2, 0.25) is 0 Å². The van der Waals surface area contributed by atoms with Gasteiger partial charge in [-0.1, -0.05) is 42.1 Å². The van der Waals surface area contributed by atoms with E-state index in [0.717, 1.165) is 11.3 Å². The number of hydrogen-bond donors (Lipinski definition) is 0. The quantitative estimate of drug-likeness (QED) is 0.754. The first-order valence-electron chi connectivity index (χ1n) is 5.17. The van der Waals surface area contributed by atoms with Gasteiger partial charge in [-0.25, -0.2) is 4.79 Å². The number of hydrogen-bond acceptors (Lipinski definition) is 4. The van der Waals surface area contributed by atoms with Crippen LogP contribution in [0.4, 0.5) is 0 Å². The van der Waals surface area contributed by atoms with Gasteiger partial charge in [0.1, 0.15) is 6.61 Å². The number of rotatable bonds is 3. The van der Waals surface area contributed by atoms with Crippen molar-refractivity contribution in [3.05, 3.63) is 35.9 Å². The Bertz CT molecular complexity index is 403. The minimum absolute atomic E-state index is 0.226. The number of esters is 1. The van der Waals surface area contributed by atoms with Crippen molar-refractivity contribution < 1.29 is 9.53 Å². The van der Waals surface area contributed by atoms with E-state index in [4.69, 9.17) is 4.74 Å². The third kappa shape index (κ3) is 2.85. The highest BCUT2D eigenvalue weighted by atomic mass is 32.2. The highest BCUT2D eigenvalue weighted by Crippen LogP contribution is 2.18. The lowest BCUT2D eigenvalue weighted by molar-refractivity contribution is -0.136. The van der Waals surface area contributed by atoms with Crippen LogP contribution in [0.2, 0.25) is 0 Å².